The fourth-order valence-corrected chi connectivity index (χ4v) is 1.83. The maximum absolute atomic E-state index is 12.1. The van der Waals surface area contributed by atoms with Gasteiger partial charge in [0.25, 0.3) is 0 Å². The molecule has 0 bridgehead atoms. The van der Waals surface area contributed by atoms with E-state index in [1.807, 2.05) is 30.3 Å². The highest BCUT2D eigenvalue weighted by atomic mass is 16.3. The fraction of sp³-hybridized carbons (Fsp3) is 0.200. The molecular formula is C15H14N2O2. The quantitative estimate of drug-likeness (QED) is 0.842. The van der Waals surface area contributed by atoms with E-state index in [9.17, 15) is 10.1 Å². The minimum Gasteiger partial charge on any atom is -0.466 e. The van der Waals surface area contributed by atoms with Gasteiger partial charge in [-0.2, -0.15) is 5.26 Å². The van der Waals surface area contributed by atoms with Gasteiger partial charge in [-0.1, -0.05) is 30.3 Å². The van der Waals surface area contributed by atoms with Gasteiger partial charge in [0, 0.05) is 7.05 Å². The van der Waals surface area contributed by atoms with Gasteiger partial charge in [-0.05, 0) is 17.7 Å². The Morgan fingerprint density at radius 1 is 1.32 bits per heavy atom. The first-order chi connectivity index (χ1) is 9.22. The van der Waals surface area contributed by atoms with Crippen molar-refractivity contribution in [2.45, 2.75) is 12.5 Å². The molecule has 2 rings (SSSR count). The maximum atomic E-state index is 12.1. The number of carbonyl (C=O) groups excluding carboxylic acids is 1. The highest BCUT2D eigenvalue weighted by molar-refractivity contribution is 5.79. The number of nitrogens with zero attached hydrogens (tertiary/aromatic N) is 2. The predicted molar refractivity (Wildman–Crippen MR) is 70.0 cm³/mol. The van der Waals surface area contributed by atoms with E-state index >= 15 is 0 Å². The predicted octanol–water partition coefficient (Wildman–Crippen LogP) is 2.55. The van der Waals surface area contributed by atoms with Crippen LogP contribution in [0.4, 0.5) is 0 Å². The molecule has 2 aromatic rings. The summed E-state index contributed by atoms with van der Waals surface area (Å²) < 4.78 is 5.19. The number of carbonyl (C=O) groups is 1. The lowest BCUT2D eigenvalue weighted by atomic mass is 10.1. The number of hydrogen-bond acceptors (Lipinski definition) is 3. The van der Waals surface area contributed by atoms with Crippen LogP contribution < -0.4 is 0 Å². The average molecular weight is 254 g/mol. The molecular weight excluding hydrogens is 240 g/mol. The van der Waals surface area contributed by atoms with Gasteiger partial charge in [-0.3, -0.25) is 4.79 Å². The molecule has 0 aliphatic heterocycles. The molecule has 96 valence electrons. The molecule has 0 saturated heterocycles. The van der Waals surface area contributed by atoms with E-state index in [0.29, 0.717) is 5.76 Å². The number of furan rings is 1. The molecule has 4 nitrogen and oxygen atoms in total. The molecule has 19 heavy (non-hydrogen) atoms. The van der Waals surface area contributed by atoms with Gasteiger partial charge in [0.15, 0.2) is 6.04 Å². The molecule has 1 amide bonds. The van der Waals surface area contributed by atoms with E-state index in [4.69, 9.17) is 4.42 Å². The van der Waals surface area contributed by atoms with Crippen molar-refractivity contribution in [3.8, 4) is 6.07 Å². The molecule has 0 saturated carbocycles. The van der Waals surface area contributed by atoms with Crippen LogP contribution in [0.15, 0.2) is 53.1 Å². The van der Waals surface area contributed by atoms with Crippen molar-refractivity contribution in [2.24, 2.45) is 0 Å². The van der Waals surface area contributed by atoms with Gasteiger partial charge < -0.3 is 9.32 Å². The molecule has 1 aromatic heterocycles. The van der Waals surface area contributed by atoms with Gasteiger partial charge in [0.05, 0.1) is 18.8 Å². The highest BCUT2D eigenvalue weighted by Crippen LogP contribution is 2.19. The Kier molecular flexibility index (Phi) is 3.99. The first-order valence-corrected chi connectivity index (χ1v) is 5.95. The smallest absolute Gasteiger partial charge is 0.228 e. The Balaban J connectivity index is 2.09. The van der Waals surface area contributed by atoms with Crippen molar-refractivity contribution in [3.63, 3.8) is 0 Å². The van der Waals surface area contributed by atoms with Crippen LogP contribution in [-0.4, -0.2) is 17.9 Å². The molecule has 1 heterocycles. The first-order valence-electron chi connectivity index (χ1n) is 5.95. The van der Waals surface area contributed by atoms with Gasteiger partial charge in [-0.15, -0.1) is 0 Å². The molecule has 0 spiro atoms. The van der Waals surface area contributed by atoms with Crippen LogP contribution in [0.5, 0.6) is 0 Å². The Bertz CT molecular complexity index is 570. The SMILES string of the molecule is CN(C(=O)Cc1ccccc1)C(C#N)c1ccco1. The van der Waals surface area contributed by atoms with Crippen molar-refractivity contribution in [1.29, 1.82) is 5.26 Å². The topological polar surface area (TPSA) is 57.2 Å². The maximum Gasteiger partial charge on any atom is 0.228 e. The first kappa shape index (κ1) is 12.9. The average Bonchev–Trinajstić information content (AvgIpc) is 2.94. The van der Waals surface area contributed by atoms with Crippen LogP contribution in [-0.2, 0) is 11.2 Å². The zero-order chi connectivity index (χ0) is 13.7. The monoisotopic (exact) mass is 254 g/mol. The zero-order valence-electron chi connectivity index (χ0n) is 10.6. The van der Waals surface area contributed by atoms with Gasteiger partial charge in [-0.25, -0.2) is 0 Å². The minimum absolute atomic E-state index is 0.117. The van der Waals surface area contributed by atoms with Gasteiger partial charge >= 0.3 is 0 Å². The van der Waals surface area contributed by atoms with Crippen molar-refractivity contribution in [2.75, 3.05) is 7.05 Å². The normalized spacial score (nSPS) is 11.6. The second-order valence-corrected chi connectivity index (χ2v) is 4.21. The Hall–Kier alpha value is -2.54. The van der Waals surface area contributed by atoms with Crippen LogP contribution in [0.1, 0.15) is 17.4 Å². The molecule has 1 atom stereocenters. The van der Waals surface area contributed by atoms with Crippen LogP contribution in [0, 0.1) is 11.3 Å². The summed E-state index contributed by atoms with van der Waals surface area (Å²) in [6, 6.07) is 14.2. The van der Waals surface area contributed by atoms with E-state index < -0.39 is 6.04 Å². The minimum atomic E-state index is -0.689. The second kappa shape index (κ2) is 5.87. The zero-order valence-corrected chi connectivity index (χ0v) is 10.6. The lowest BCUT2D eigenvalue weighted by Gasteiger charge is -2.21. The summed E-state index contributed by atoms with van der Waals surface area (Å²) >= 11 is 0. The Morgan fingerprint density at radius 3 is 2.63 bits per heavy atom. The van der Waals surface area contributed by atoms with E-state index in [1.165, 1.54) is 11.2 Å². The van der Waals surface area contributed by atoms with E-state index in [1.54, 1.807) is 19.2 Å². The summed E-state index contributed by atoms with van der Waals surface area (Å²) in [5.41, 5.74) is 0.926. The third-order valence-corrected chi connectivity index (χ3v) is 2.91. The largest absolute Gasteiger partial charge is 0.466 e. The van der Waals surface area contributed by atoms with Crippen molar-refractivity contribution < 1.29 is 9.21 Å². The summed E-state index contributed by atoms with van der Waals surface area (Å²) in [6.07, 6.45) is 1.77. The van der Waals surface area contributed by atoms with Crippen LogP contribution in [0.25, 0.3) is 0 Å². The lowest BCUT2D eigenvalue weighted by Crippen LogP contribution is -2.31. The number of likely N-dealkylation sites (N-methyl/N-ethyl adjacent to an activating group) is 1. The molecule has 4 heteroatoms. The lowest BCUT2D eigenvalue weighted by molar-refractivity contribution is -0.130. The molecule has 1 unspecified atom stereocenters. The number of rotatable bonds is 4. The molecule has 1 aromatic carbocycles. The number of benzene rings is 1. The van der Waals surface area contributed by atoms with Gasteiger partial charge in [0.1, 0.15) is 5.76 Å². The fourth-order valence-electron chi connectivity index (χ4n) is 1.83. The van der Waals surface area contributed by atoms with Crippen molar-refractivity contribution >= 4 is 5.91 Å². The van der Waals surface area contributed by atoms with Crippen LogP contribution in [0.3, 0.4) is 0 Å². The highest BCUT2D eigenvalue weighted by Gasteiger charge is 2.23. The summed E-state index contributed by atoms with van der Waals surface area (Å²) in [4.78, 5) is 13.5. The van der Waals surface area contributed by atoms with Crippen molar-refractivity contribution in [3.05, 3.63) is 60.1 Å². The molecule has 0 fully saturated rings. The summed E-state index contributed by atoms with van der Waals surface area (Å²) in [6.45, 7) is 0. The summed E-state index contributed by atoms with van der Waals surface area (Å²) in [7, 11) is 1.61. The molecule has 0 aliphatic carbocycles. The van der Waals surface area contributed by atoms with E-state index in [0.717, 1.165) is 5.56 Å². The van der Waals surface area contributed by atoms with E-state index in [2.05, 4.69) is 6.07 Å². The van der Waals surface area contributed by atoms with Crippen LogP contribution in [0.2, 0.25) is 0 Å². The standard InChI is InChI=1S/C15H14N2O2/c1-17(13(11-16)14-8-5-9-19-14)15(18)10-12-6-3-2-4-7-12/h2-9,13H,10H2,1H3. The Labute approximate surface area is 111 Å². The third-order valence-electron chi connectivity index (χ3n) is 2.91. The Morgan fingerprint density at radius 2 is 2.05 bits per heavy atom. The third kappa shape index (κ3) is 3.02. The van der Waals surface area contributed by atoms with Crippen molar-refractivity contribution in [1.82, 2.24) is 4.90 Å². The van der Waals surface area contributed by atoms with Gasteiger partial charge in [0.2, 0.25) is 5.91 Å². The molecule has 0 radical (unpaired) electrons. The van der Waals surface area contributed by atoms with Crippen LogP contribution >= 0.6 is 0 Å². The molecule has 0 aliphatic rings. The van der Waals surface area contributed by atoms with E-state index in [-0.39, 0.29) is 12.3 Å². The number of nitriles is 1. The summed E-state index contributed by atoms with van der Waals surface area (Å²) in [5, 5.41) is 9.18. The molecule has 0 N–H and O–H groups in total. The number of amides is 1. The second-order valence-electron chi connectivity index (χ2n) is 4.21. The number of hydrogen-bond donors (Lipinski definition) is 0. The summed E-state index contributed by atoms with van der Waals surface area (Å²) in [5.74, 6) is 0.362.